The summed E-state index contributed by atoms with van der Waals surface area (Å²) in [6, 6.07) is 1.23. The molecule has 1 N–H and O–H groups in total. The van der Waals surface area contributed by atoms with Gasteiger partial charge in [0.05, 0.1) is 11.0 Å². The first kappa shape index (κ1) is 15.4. The minimum atomic E-state index is -3.67. The number of hydrogen-bond acceptors (Lipinski definition) is 5. The highest BCUT2D eigenvalue weighted by Crippen LogP contribution is 2.28. The second-order valence-electron chi connectivity index (χ2n) is 4.76. The molecule has 2 heterocycles. The molecule has 0 saturated carbocycles. The first-order chi connectivity index (χ1) is 9.32. The molecule has 1 unspecified atom stereocenters. The van der Waals surface area contributed by atoms with Gasteiger partial charge in [0.25, 0.3) is 0 Å². The third-order valence-electron chi connectivity index (χ3n) is 3.26. The summed E-state index contributed by atoms with van der Waals surface area (Å²) in [6.45, 7) is 2.57. The second kappa shape index (κ2) is 5.80. The molecule has 8 heteroatoms. The molecule has 0 spiro atoms. The van der Waals surface area contributed by atoms with Gasteiger partial charge in [-0.15, -0.1) is 11.3 Å². The molecule has 0 aromatic carbocycles. The van der Waals surface area contributed by atoms with Crippen LogP contribution in [0.1, 0.15) is 27.4 Å². The molecule has 1 atom stereocenters. The first-order valence-corrected chi connectivity index (χ1v) is 8.49. The quantitative estimate of drug-likeness (QED) is 0.890. The van der Waals surface area contributed by atoms with Gasteiger partial charge >= 0.3 is 5.97 Å². The summed E-state index contributed by atoms with van der Waals surface area (Å²) in [7, 11) is -2.17. The van der Waals surface area contributed by atoms with E-state index in [1.165, 1.54) is 17.4 Å². The van der Waals surface area contributed by atoms with Crippen LogP contribution >= 0.6 is 11.3 Å². The number of carboxylic acids is 1. The molecule has 112 valence electrons. The molecule has 0 bridgehead atoms. The fraction of sp³-hybridized carbons (Fsp3) is 0.583. The van der Waals surface area contributed by atoms with Gasteiger partial charge in [-0.25, -0.2) is 13.2 Å². The summed E-state index contributed by atoms with van der Waals surface area (Å²) < 4.78 is 31.6. The van der Waals surface area contributed by atoms with Crippen LogP contribution in [0.4, 0.5) is 0 Å². The van der Waals surface area contributed by atoms with Gasteiger partial charge in [0.1, 0.15) is 4.88 Å². The topological polar surface area (TPSA) is 83.9 Å². The molecule has 20 heavy (non-hydrogen) atoms. The van der Waals surface area contributed by atoms with Crippen molar-refractivity contribution in [2.45, 2.75) is 30.8 Å². The average Bonchev–Trinajstić information content (AvgIpc) is 2.98. The van der Waals surface area contributed by atoms with E-state index in [-0.39, 0.29) is 15.9 Å². The summed E-state index contributed by atoms with van der Waals surface area (Å²) in [6.07, 6.45) is 1.72. The number of carboxylic acid groups (broad SMARTS) is 1. The fourth-order valence-corrected chi connectivity index (χ4v) is 4.77. The van der Waals surface area contributed by atoms with Crippen molar-refractivity contribution in [2.24, 2.45) is 0 Å². The van der Waals surface area contributed by atoms with E-state index in [2.05, 4.69) is 0 Å². The summed E-state index contributed by atoms with van der Waals surface area (Å²) in [5.41, 5.74) is 0. The van der Waals surface area contributed by atoms with Gasteiger partial charge in [-0.05, 0) is 25.8 Å². The number of likely N-dealkylation sites (N-methyl/N-ethyl adjacent to an activating group) is 1. The Labute approximate surface area is 122 Å². The number of ether oxygens (including phenoxy) is 1. The number of aryl methyl sites for hydroxylation is 1. The first-order valence-electron chi connectivity index (χ1n) is 6.24. The summed E-state index contributed by atoms with van der Waals surface area (Å²) >= 11 is 0.973. The van der Waals surface area contributed by atoms with Gasteiger partial charge in [0.15, 0.2) is 0 Å². The van der Waals surface area contributed by atoms with Crippen molar-refractivity contribution in [3.05, 3.63) is 15.8 Å². The van der Waals surface area contributed by atoms with Crippen LogP contribution in [-0.2, 0) is 14.8 Å². The van der Waals surface area contributed by atoms with E-state index < -0.39 is 16.0 Å². The van der Waals surface area contributed by atoms with Crippen LogP contribution in [0, 0.1) is 6.92 Å². The van der Waals surface area contributed by atoms with Gasteiger partial charge in [0, 0.05) is 25.1 Å². The van der Waals surface area contributed by atoms with Gasteiger partial charge in [0.2, 0.25) is 10.0 Å². The van der Waals surface area contributed by atoms with E-state index in [4.69, 9.17) is 9.84 Å². The molecule has 1 aromatic heterocycles. The van der Waals surface area contributed by atoms with Crippen molar-refractivity contribution in [2.75, 3.05) is 20.2 Å². The van der Waals surface area contributed by atoms with Gasteiger partial charge in [-0.3, -0.25) is 0 Å². The van der Waals surface area contributed by atoms with Crippen LogP contribution in [0.5, 0.6) is 0 Å². The van der Waals surface area contributed by atoms with Crippen molar-refractivity contribution >= 4 is 27.3 Å². The predicted molar refractivity (Wildman–Crippen MR) is 74.8 cm³/mol. The molecule has 6 nitrogen and oxygen atoms in total. The summed E-state index contributed by atoms with van der Waals surface area (Å²) in [4.78, 5) is 11.5. The van der Waals surface area contributed by atoms with Crippen LogP contribution in [0.3, 0.4) is 0 Å². The fourth-order valence-electron chi connectivity index (χ4n) is 2.17. The Morgan fingerprint density at radius 1 is 1.60 bits per heavy atom. The zero-order valence-corrected chi connectivity index (χ0v) is 13.0. The highest BCUT2D eigenvalue weighted by Gasteiger charge is 2.29. The number of hydrogen-bond donors (Lipinski definition) is 1. The van der Waals surface area contributed by atoms with Gasteiger partial charge in [-0.2, -0.15) is 4.31 Å². The largest absolute Gasteiger partial charge is 0.477 e. The molecule has 2 rings (SSSR count). The van der Waals surface area contributed by atoms with E-state index in [1.54, 1.807) is 6.92 Å². The van der Waals surface area contributed by atoms with Crippen LogP contribution in [0.2, 0.25) is 0 Å². The highest BCUT2D eigenvalue weighted by atomic mass is 32.2. The van der Waals surface area contributed by atoms with E-state index in [0.717, 1.165) is 24.2 Å². The van der Waals surface area contributed by atoms with Crippen molar-refractivity contribution in [3.8, 4) is 0 Å². The van der Waals surface area contributed by atoms with Crippen molar-refractivity contribution in [3.63, 3.8) is 0 Å². The lowest BCUT2D eigenvalue weighted by Gasteiger charge is -2.20. The van der Waals surface area contributed by atoms with Crippen LogP contribution in [-0.4, -0.2) is 50.1 Å². The Bertz CT molecular complexity index is 601. The van der Waals surface area contributed by atoms with E-state index in [9.17, 15) is 13.2 Å². The summed E-state index contributed by atoms with van der Waals surface area (Å²) in [5.74, 6) is -1.11. The smallest absolute Gasteiger partial charge is 0.345 e. The minimum Gasteiger partial charge on any atom is -0.477 e. The van der Waals surface area contributed by atoms with Crippen LogP contribution < -0.4 is 0 Å². The molecular weight excluding hydrogens is 302 g/mol. The normalized spacial score (nSPS) is 19.6. The van der Waals surface area contributed by atoms with Crippen molar-refractivity contribution < 1.29 is 23.1 Å². The monoisotopic (exact) mass is 319 g/mol. The van der Waals surface area contributed by atoms with E-state index in [0.29, 0.717) is 18.0 Å². The lowest BCUT2D eigenvalue weighted by molar-refractivity contribution is 0.0702. The zero-order valence-electron chi connectivity index (χ0n) is 11.3. The molecule has 0 amide bonds. The maximum atomic E-state index is 12.5. The standard InChI is InChI=1S/C12H17NO5S2/c1-8-11(6-10(19-8)12(14)15)20(16,17)13(2)7-9-4-3-5-18-9/h6,9H,3-5,7H2,1-2H3,(H,14,15). The maximum absolute atomic E-state index is 12.5. The molecule has 1 aromatic rings. The molecule has 1 aliphatic heterocycles. The van der Waals surface area contributed by atoms with E-state index >= 15 is 0 Å². The number of sulfonamides is 1. The average molecular weight is 319 g/mol. The van der Waals surface area contributed by atoms with Crippen molar-refractivity contribution in [1.29, 1.82) is 0 Å². The van der Waals surface area contributed by atoms with Crippen LogP contribution in [0.25, 0.3) is 0 Å². The SMILES string of the molecule is Cc1sc(C(=O)O)cc1S(=O)(=O)N(C)CC1CCCO1. The number of carbonyl (C=O) groups is 1. The second-order valence-corrected chi connectivity index (χ2v) is 8.03. The minimum absolute atomic E-state index is 0.0339. The third kappa shape index (κ3) is 3.03. The molecule has 1 aliphatic rings. The Morgan fingerprint density at radius 2 is 2.30 bits per heavy atom. The molecule has 1 saturated heterocycles. The number of rotatable bonds is 5. The number of thiophene rings is 1. The Hall–Kier alpha value is -0.960. The lowest BCUT2D eigenvalue weighted by atomic mass is 10.2. The molecule has 0 radical (unpaired) electrons. The van der Waals surface area contributed by atoms with Crippen LogP contribution in [0.15, 0.2) is 11.0 Å². The van der Waals surface area contributed by atoms with Gasteiger partial charge in [-0.1, -0.05) is 0 Å². The molecular formula is C12H17NO5S2. The zero-order chi connectivity index (χ0) is 14.9. The number of nitrogens with zero attached hydrogens (tertiary/aromatic N) is 1. The highest BCUT2D eigenvalue weighted by molar-refractivity contribution is 7.89. The van der Waals surface area contributed by atoms with Crippen molar-refractivity contribution in [1.82, 2.24) is 4.31 Å². The van der Waals surface area contributed by atoms with Gasteiger partial charge < -0.3 is 9.84 Å². The molecule has 0 aliphatic carbocycles. The Balaban J connectivity index is 2.22. The predicted octanol–water partition coefficient (Wildman–Crippen LogP) is 1.55. The lowest BCUT2D eigenvalue weighted by Crippen LogP contribution is -2.34. The molecule has 1 fully saturated rings. The van der Waals surface area contributed by atoms with E-state index in [1.807, 2.05) is 0 Å². The maximum Gasteiger partial charge on any atom is 0.345 e. The Kier molecular flexibility index (Phi) is 4.48. The number of aromatic carboxylic acids is 1. The third-order valence-corrected chi connectivity index (χ3v) is 6.37. The Morgan fingerprint density at radius 3 is 2.80 bits per heavy atom. The summed E-state index contributed by atoms with van der Waals surface area (Å²) in [5, 5.41) is 8.94.